The van der Waals surface area contributed by atoms with E-state index in [0.29, 0.717) is 11.8 Å². The van der Waals surface area contributed by atoms with E-state index in [-0.39, 0.29) is 0 Å². The van der Waals surface area contributed by atoms with Gasteiger partial charge in [-0.15, -0.1) is 0 Å². The molecule has 0 bridgehead atoms. The average molecular weight is 264 g/mol. The van der Waals surface area contributed by atoms with Gasteiger partial charge in [0, 0.05) is 0 Å². The Bertz CT molecular complexity index is 717. The molecular formula is C13H10F2N2O2. The minimum Gasteiger partial charge on any atom is -0.291 e. The monoisotopic (exact) mass is 264 g/mol. The lowest BCUT2D eigenvalue weighted by molar-refractivity contribution is 0.520. The van der Waals surface area contributed by atoms with Gasteiger partial charge in [0.05, 0.1) is 12.7 Å². The number of hydrogen-bond donors (Lipinski definition) is 1. The number of hydrogen-bond acceptors (Lipinski definition) is 2. The third-order valence-corrected chi connectivity index (χ3v) is 2.41. The van der Waals surface area contributed by atoms with Crippen LogP contribution in [0.5, 0.6) is 0 Å². The molecule has 2 aromatic rings. The van der Waals surface area contributed by atoms with Gasteiger partial charge < -0.3 is 0 Å². The van der Waals surface area contributed by atoms with Crippen molar-refractivity contribution < 1.29 is 8.78 Å². The van der Waals surface area contributed by atoms with E-state index >= 15 is 0 Å². The largest absolute Gasteiger partial charge is 0.328 e. The van der Waals surface area contributed by atoms with Gasteiger partial charge in [-0.05, 0) is 11.6 Å². The van der Waals surface area contributed by atoms with Crippen LogP contribution in [0.3, 0.4) is 0 Å². The van der Waals surface area contributed by atoms with Crippen molar-refractivity contribution in [3.63, 3.8) is 0 Å². The van der Waals surface area contributed by atoms with Crippen LogP contribution in [0.15, 0.2) is 51.9 Å². The highest BCUT2D eigenvalue weighted by Crippen LogP contribution is 2.08. The molecular weight excluding hydrogens is 254 g/mol. The van der Waals surface area contributed by atoms with E-state index in [0.717, 1.165) is 4.57 Å². The molecule has 4 nitrogen and oxygen atoms in total. The van der Waals surface area contributed by atoms with Crippen LogP contribution in [-0.4, -0.2) is 9.55 Å². The van der Waals surface area contributed by atoms with E-state index < -0.39 is 29.4 Å². The minimum absolute atomic E-state index is 0.443. The number of rotatable bonds is 3. The Morgan fingerprint density at radius 2 is 1.95 bits per heavy atom. The predicted octanol–water partition coefficient (Wildman–Crippen LogP) is 1.69. The molecule has 0 amide bonds. The second-order valence-electron chi connectivity index (χ2n) is 3.87. The SMILES string of the molecule is O=c1[nH]c(=O)n(C/C(F)=C/c2ccccc2)cc1F. The van der Waals surface area contributed by atoms with Crippen LogP contribution in [0.25, 0.3) is 6.08 Å². The van der Waals surface area contributed by atoms with Crippen LogP contribution >= 0.6 is 0 Å². The first kappa shape index (κ1) is 12.9. The Hall–Kier alpha value is -2.50. The highest BCUT2D eigenvalue weighted by atomic mass is 19.1. The molecule has 0 fully saturated rings. The summed E-state index contributed by atoms with van der Waals surface area (Å²) in [5, 5.41) is 0. The number of halogens is 2. The summed E-state index contributed by atoms with van der Waals surface area (Å²) in [4.78, 5) is 23.9. The molecule has 6 heteroatoms. The van der Waals surface area contributed by atoms with Gasteiger partial charge in [-0.2, -0.15) is 4.39 Å². The second-order valence-corrected chi connectivity index (χ2v) is 3.87. The maximum Gasteiger partial charge on any atom is 0.328 e. The molecule has 1 N–H and O–H groups in total. The number of aromatic amines is 1. The first-order valence-corrected chi connectivity index (χ1v) is 5.46. The van der Waals surface area contributed by atoms with Crippen LogP contribution < -0.4 is 11.2 Å². The quantitative estimate of drug-likeness (QED) is 0.917. The van der Waals surface area contributed by atoms with Crippen LogP contribution in [0.2, 0.25) is 0 Å². The molecule has 98 valence electrons. The van der Waals surface area contributed by atoms with Crippen molar-refractivity contribution >= 4 is 6.08 Å². The van der Waals surface area contributed by atoms with E-state index in [1.807, 2.05) is 0 Å². The van der Waals surface area contributed by atoms with Crippen molar-refractivity contribution in [3.05, 3.63) is 74.6 Å². The molecule has 0 atom stereocenters. The molecule has 0 aliphatic carbocycles. The number of H-pyrrole nitrogens is 1. The van der Waals surface area contributed by atoms with Gasteiger partial charge in [0.1, 0.15) is 5.83 Å². The van der Waals surface area contributed by atoms with Crippen molar-refractivity contribution in [3.8, 4) is 0 Å². The summed E-state index contributed by atoms with van der Waals surface area (Å²) in [7, 11) is 0. The van der Waals surface area contributed by atoms with Crippen LogP contribution in [0, 0.1) is 5.82 Å². The lowest BCUT2D eigenvalue weighted by Gasteiger charge is -2.03. The normalized spacial score (nSPS) is 11.6. The van der Waals surface area contributed by atoms with E-state index in [9.17, 15) is 18.4 Å². The number of nitrogens with one attached hydrogen (secondary N) is 1. The number of aromatic nitrogens is 2. The molecule has 0 saturated carbocycles. The first-order chi connectivity index (χ1) is 9.06. The zero-order valence-corrected chi connectivity index (χ0v) is 9.77. The topological polar surface area (TPSA) is 54.9 Å². The third kappa shape index (κ3) is 3.25. The summed E-state index contributed by atoms with van der Waals surface area (Å²) < 4.78 is 27.4. The molecule has 0 unspecified atom stereocenters. The van der Waals surface area contributed by atoms with E-state index in [1.54, 1.807) is 35.3 Å². The lowest BCUT2D eigenvalue weighted by Crippen LogP contribution is -2.31. The lowest BCUT2D eigenvalue weighted by atomic mass is 10.2. The molecule has 1 aromatic heterocycles. The molecule has 1 heterocycles. The Morgan fingerprint density at radius 1 is 1.26 bits per heavy atom. The smallest absolute Gasteiger partial charge is 0.291 e. The van der Waals surface area contributed by atoms with Gasteiger partial charge in [0.15, 0.2) is 0 Å². The van der Waals surface area contributed by atoms with Crippen molar-refractivity contribution in [2.75, 3.05) is 0 Å². The maximum absolute atomic E-state index is 13.7. The zero-order chi connectivity index (χ0) is 13.8. The summed E-state index contributed by atoms with van der Waals surface area (Å²) >= 11 is 0. The molecule has 0 aliphatic rings. The van der Waals surface area contributed by atoms with E-state index in [4.69, 9.17) is 0 Å². The number of allylic oxidation sites excluding steroid dienone is 1. The standard InChI is InChI=1S/C13H10F2N2O2/c14-10(6-9-4-2-1-3-5-9)7-17-8-11(15)12(18)16-13(17)19/h1-6,8H,7H2,(H,16,18,19)/b10-6-. The van der Waals surface area contributed by atoms with Crippen molar-refractivity contribution in [2.24, 2.45) is 0 Å². The predicted molar refractivity (Wildman–Crippen MR) is 66.8 cm³/mol. The van der Waals surface area contributed by atoms with Crippen molar-refractivity contribution in [2.45, 2.75) is 6.54 Å². The van der Waals surface area contributed by atoms with Gasteiger partial charge in [-0.25, -0.2) is 9.18 Å². The van der Waals surface area contributed by atoms with Crippen LogP contribution in [0.1, 0.15) is 5.56 Å². The van der Waals surface area contributed by atoms with Gasteiger partial charge in [0.2, 0.25) is 5.82 Å². The maximum atomic E-state index is 13.7. The Balaban J connectivity index is 2.27. The highest BCUT2D eigenvalue weighted by Gasteiger charge is 2.05. The first-order valence-electron chi connectivity index (χ1n) is 5.46. The summed E-state index contributed by atoms with van der Waals surface area (Å²) in [6, 6.07) is 8.65. The van der Waals surface area contributed by atoms with E-state index in [2.05, 4.69) is 0 Å². The fraction of sp³-hybridized carbons (Fsp3) is 0.0769. The second kappa shape index (κ2) is 5.43. The summed E-state index contributed by atoms with van der Waals surface area (Å²) in [5.74, 6) is -1.76. The molecule has 2 rings (SSSR count). The Labute approximate surface area is 106 Å². The Kier molecular flexibility index (Phi) is 3.70. The molecule has 0 aliphatic heterocycles. The van der Waals surface area contributed by atoms with Crippen LogP contribution in [0.4, 0.5) is 8.78 Å². The summed E-state index contributed by atoms with van der Waals surface area (Å²) in [6.45, 7) is -0.443. The van der Waals surface area contributed by atoms with E-state index in [1.165, 1.54) is 6.08 Å². The molecule has 1 aromatic carbocycles. The zero-order valence-electron chi connectivity index (χ0n) is 9.77. The molecule has 0 saturated heterocycles. The highest BCUT2D eigenvalue weighted by molar-refractivity contribution is 5.50. The van der Waals surface area contributed by atoms with Gasteiger partial charge in [-0.1, -0.05) is 30.3 Å². The number of benzene rings is 1. The summed E-state index contributed by atoms with van der Waals surface area (Å²) in [5.41, 5.74) is -1.35. The van der Waals surface area contributed by atoms with Gasteiger partial charge in [0.25, 0.3) is 5.56 Å². The number of nitrogens with zero attached hydrogens (tertiary/aromatic N) is 1. The van der Waals surface area contributed by atoms with Crippen LogP contribution in [-0.2, 0) is 6.54 Å². The fourth-order valence-electron chi connectivity index (χ4n) is 1.54. The van der Waals surface area contributed by atoms with Gasteiger partial charge >= 0.3 is 5.69 Å². The minimum atomic E-state index is -1.13. The Morgan fingerprint density at radius 3 is 2.63 bits per heavy atom. The van der Waals surface area contributed by atoms with Crippen molar-refractivity contribution in [1.29, 1.82) is 0 Å². The average Bonchev–Trinajstić information content (AvgIpc) is 2.37. The fourth-order valence-corrected chi connectivity index (χ4v) is 1.54. The molecule has 19 heavy (non-hydrogen) atoms. The van der Waals surface area contributed by atoms with Crippen molar-refractivity contribution in [1.82, 2.24) is 9.55 Å². The molecule has 0 radical (unpaired) electrons. The van der Waals surface area contributed by atoms with Gasteiger partial charge in [-0.3, -0.25) is 14.3 Å². The summed E-state index contributed by atoms with van der Waals surface area (Å²) in [6.07, 6.45) is 1.91. The molecule has 0 spiro atoms. The third-order valence-electron chi connectivity index (χ3n) is 2.41.